The Morgan fingerprint density at radius 3 is 3.00 bits per heavy atom. The molecule has 2 unspecified atom stereocenters. The number of halogens is 1. The van der Waals surface area contributed by atoms with Crippen molar-refractivity contribution >= 4 is 0 Å². The van der Waals surface area contributed by atoms with Crippen molar-refractivity contribution in [3.05, 3.63) is 36.3 Å². The van der Waals surface area contributed by atoms with E-state index in [4.69, 9.17) is 4.74 Å². The molecule has 0 bridgehead atoms. The van der Waals surface area contributed by atoms with Gasteiger partial charge in [-0.3, -0.25) is 5.32 Å². The highest BCUT2D eigenvalue weighted by Gasteiger charge is 2.38. The summed E-state index contributed by atoms with van der Waals surface area (Å²) in [6, 6.07) is 5.69. The van der Waals surface area contributed by atoms with Gasteiger partial charge in [0.1, 0.15) is 29.9 Å². The van der Waals surface area contributed by atoms with Crippen molar-refractivity contribution in [2.24, 2.45) is 0 Å². The Morgan fingerprint density at radius 2 is 2.30 bits per heavy atom. The number of aliphatic hydroxyl groups excluding tert-OH is 2. The van der Waals surface area contributed by atoms with E-state index in [2.05, 4.69) is 15.6 Å². The van der Waals surface area contributed by atoms with Crippen LogP contribution in [0.1, 0.15) is 12.5 Å². The van der Waals surface area contributed by atoms with Crippen LogP contribution in [0.4, 0.5) is 4.39 Å². The minimum absolute atomic E-state index is 0.290. The molecular formula is C15H19FN4O3. The third-order valence-electron chi connectivity index (χ3n) is 4.04. The van der Waals surface area contributed by atoms with Gasteiger partial charge in [-0.1, -0.05) is 17.3 Å². The van der Waals surface area contributed by atoms with Crippen molar-refractivity contribution in [3.63, 3.8) is 0 Å². The van der Waals surface area contributed by atoms with E-state index in [1.807, 2.05) is 0 Å². The molecule has 1 aromatic heterocycles. The number of aliphatic hydroxyl groups is 2. The van der Waals surface area contributed by atoms with Crippen molar-refractivity contribution < 1.29 is 19.3 Å². The van der Waals surface area contributed by atoms with Crippen molar-refractivity contribution in [2.45, 2.75) is 30.9 Å². The van der Waals surface area contributed by atoms with E-state index >= 15 is 0 Å². The fourth-order valence-corrected chi connectivity index (χ4v) is 2.77. The van der Waals surface area contributed by atoms with Gasteiger partial charge in [0, 0.05) is 12.0 Å². The average Bonchev–Trinajstić information content (AvgIpc) is 3.05. The molecule has 0 saturated carbocycles. The van der Waals surface area contributed by atoms with Crippen LogP contribution >= 0.6 is 0 Å². The molecule has 4 atom stereocenters. The SMILES string of the molecule is CN[C@H]1CC(n2cc(-c3cccc(F)c3)nn2)[C@@H](O)C(CO)O1. The van der Waals surface area contributed by atoms with E-state index < -0.39 is 18.2 Å². The summed E-state index contributed by atoms with van der Waals surface area (Å²) in [7, 11) is 1.74. The molecule has 2 heterocycles. The Balaban J connectivity index is 1.86. The average molecular weight is 322 g/mol. The summed E-state index contributed by atoms with van der Waals surface area (Å²) >= 11 is 0. The Labute approximate surface area is 132 Å². The molecule has 1 aliphatic heterocycles. The monoisotopic (exact) mass is 322 g/mol. The second-order valence-corrected chi connectivity index (χ2v) is 5.52. The van der Waals surface area contributed by atoms with Gasteiger partial charge < -0.3 is 14.9 Å². The molecular weight excluding hydrogens is 303 g/mol. The lowest BCUT2D eigenvalue weighted by molar-refractivity contribution is -0.163. The zero-order chi connectivity index (χ0) is 16.4. The summed E-state index contributed by atoms with van der Waals surface area (Å²) in [5.74, 6) is -0.348. The predicted octanol–water partition coefficient (Wildman–Crippen LogP) is 0.313. The molecule has 1 aromatic carbocycles. The van der Waals surface area contributed by atoms with Crippen molar-refractivity contribution in [3.8, 4) is 11.3 Å². The number of hydrogen-bond acceptors (Lipinski definition) is 6. The largest absolute Gasteiger partial charge is 0.394 e. The summed E-state index contributed by atoms with van der Waals surface area (Å²) in [6.45, 7) is -0.290. The van der Waals surface area contributed by atoms with Gasteiger partial charge in [0.05, 0.1) is 18.8 Å². The number of benzene rings is 1. The number of ether oxygens (including phenoxy) is 1. The van der Waals surface area contributed by atoms with Crippen LogP contribution in [-0.4, -0.2) is 57.3 Å². The first-order valence-electron chi connectivity index (χ1n) is 7.41. The van der Waals surface area contributed by atoms with E-state index in [9.17, 15) is 14.6 Å². The second kappa shape index (κ2) is 6.71. The minimum atomic E-state index is -0.911. The molecule has 1 saturated heterocycles. The third kappa shape index (κ3) is 3.25. The molecule has 0 amide bonds. The van der Waals surface area contributed by atoms with Crippen LogP contribution in [0.5, 0.6) is 0 Å². The number of aromatic nitrogens is 3. The van der Waals surface area contributed by atoms with Crippen LogP contribution in [0.25, 0.3) is 11.3 Å². The summed E-state index contributed by atoms with van der Waals surface area (Å²) in [5, 5.41) is 30.8. The molecule has 8 heteroatoms. The number of nitrogens with zero attached hydrogens (tertiary/aromatic N) is 3. The summed E-state index contributed by atoms with van der Waals surface area (Å²) < 4.78 is 20.4. The van der Waals surface area contributed by atoms with Crippen molar-refractivity contribution in [2.75, 3.05) is 13.7 Å². The van der Waals surface area contributed by atoms with Gasteiger partial charge in [-0.15, -0.1) is 5.10 Å². The van der Waals surface area contributed by atoms with Crippen LogP contribution in [0.2, 0.25) is 0 Å². The van der Waals surface area contributed by atoms with Crippen LogP contribution in [0.3, 0.4) is 0 Å². The molecule has 2 aromatic rings. The molecule has 23 heavy (non-hydrogen) atoms. The van der Waals surface area contributed by atoms with Crippen LogP contribution in [-0.2, 0) is 4.74 Å². The molecule has 3 rings (SSSR count). The van der Waals surface area contributed by atoms with Gasteiger partial charge in [0.2, 0.25) is 0 Å². The second-order valence-electron chi connectivity index (χ2n) is 5.52. The molecule has 1 fully saturated rings. The Hall–Kier alpha value is -1.87. The van der Waals surface area contributed by atoms with Gasteiger partial charge in [-0.05, 0) is 19.2 Å². The molecule has 1 aliphatic rings. The number of rotatable bonds is 4. The van der Waals surface area contributed by atoms with E-state index in [0.717, 1.165) is 0 Å². The molecule has 124 valence electrons. The van der Waals surface area contributed by atoms with Gasteiger partial charge in [0.15, 0.2) is 0 Å². The van der Waals surface area contributed by atoms with Gasteiger partial charge in [-0.25, -0.2) is 9.07 Å². The summed E-state index contributed by atoms with van der Waals surface area (Å²) in [4.78, 5) is 0. The highest BCUT2D eigenvalue weighted by molar-refractivity contribution is 5.57. The maximum Gasteiger partial charge on any atom is 0.123 e. The van der Waals surface area contributed by atoms with E-state index in [1.165, 1.54) is 12.1 Å². The van der Waals surface area contributed by atoms with Gasteiger partial charge in [-0.2, -0.15) is 0 Å². The van der Waals surface area contributed by atoms with Gasteiger partial charge >= 0.3 is 0 Å². The van der Waals surface area contributed by atoms with Gasteiger partial charge in [0.25, 0.3) is 0 Å². The maximum atomic E-state index is 13.3. The fraction of sp³-hybridized carbons (Fsp3) is 0.467. The normalized spacial score (nSPS) is 28.0. The maximum absolute atomic E-state index is 13.3. The minimum Gasteiger partial charge on any atom is -0.394 e. The molecule has 3 N–H and O–H groups in total. The topological polar surface area (TPSA) is 92.4 Å². The molecule has 0 aliphatic carbocycles. The summed E-state index contributed by atoms with van der Waals surface area (Å²) in [6.07, 6.45) is 0.219. The Kier molecular flexibility index (Phi) is 4.67. The van der Waals surface area contributed by atoms with Crippen molar-refractivity contribution in [1.29, 1.82) is 0 Å². The van der Waals surface area contributed by atoms with Crippen LogP contribution in [0, 0.1) is 5.82 Å². The van der Waals surface area contributed by atoms with E-state index in [1.54, 1.807) is 30.1 Å². The zero-order valence-electron chi connectivity index (χ0n) is 12.6. The summed E-state index contributed by atoms with van der Waals surface area (Å²) in [5.41, 5.74) is 1.13. The highest BCUT2D eigenvalue weighted by atomic mass is 19.1. The van der Waals surface area contributed by atoms with E-state index in [0.29, 0.717) is 17.7 Å². The number of hydrogen-bond donors (Lipinski definition) is 3. The third-order valence-corrected chi connectivity index (χ3v) is 4.04. The van der Waals surface area contributed by atoms with Crippen LogP contribution in [0.15, 0.2) is 30.5 Å². The first-order chi connectivity index (χ1) is 11.1. The lowest BCUT2D eigenvalue weighted by Gasteiger charge is -2.38. The zero-order valence-corrected chi connectivity index (χ0v) is 12.6. The fourth-order valence-electron chi connectivity index (χ4n) is 2.77. The van der Waals surface area contributed by atoms with Crippen molar-refractivity contribution in [1.82, 2.24) is 20.3 Å². The Bertz CT molecular complexity index is 666. The van der Waals surface area contributed by atoms with E-state index in [-0.39, 0.29) is 18.7 Å². The van der Waals surface area contributed by atoms with Crippen LogP contribution < -0.4 is 5.32 Å². The Morgan fingerprint density at radius 1 is 1.48 bits per heavy atom. The number of nitrogens with one attached hydrogen (secondary N) is 1. The first-order valence-corrected chi connectivity index (χ1v) is 7.41. The molecule has 0 spiro atoms. The predicted molar refractivity (Wildman–Crippen MR) is 79.9 cm³/mol. The standard InChI is InChI=1S/C15H19FN4O3/c1-17-14-6-12(15(22)13(8-21)23-14)20-7-11(18-19-20)9-3-2-4-10(16)5-9/h2-5,7,12-15,17,21-22H,6,8H2,1H3/t12?,13?,14-,15-/m1/s1. The first kappa shape index (κ1) is 16.0. The molecule has 0 radical (unpaired) electrons. The highest BCUT2D eigenvalue weighted by Crippen LogP contribution is 2.29. The smallest absolute Gasteiger partial charge is 0.123 e. The lowest BCUT2D eigenvalue weighted by atomic mass is 9.98. The quantitative estimate of drug-likeness (QED) is 0.750. The molecule has 7 nitrogen and oxygen atoms in total. The lowest BCUT2D eigenvalue weighted by Crippen LogP contribution is -2.51.